The number of ether oxygens (including phenoxy) is 3. The molecule has 0 atom stereocenters. The molecule has 32 heavy (non-hydrogen) atoms. The highest BCUT2D eigenvalue weighted by molar-refractivity contribution is 6.32. The Hall–Kier alpha value is -4.03. The maximum absolute atomic E-state index is 12.7. The average molecular weight is 449 g/mol. The summed E-state index contributed by atoms with van der Waals surface area (Å²) in [5, 5.41) is 0.653. The summed E-state index contributed by atoms with van der Waals surface area (Å²) in [6.45, 7) is 0. The molecule has 0 saturated carbocycles. The molecule has 4 rings (SSSR count). The Morgan fingerprint density at radius 2 is 1.72 bits per heavy atom. The maximum atomic E-state index is 12.7. The summed E-state index contributed by atoms with van der Waals surface area (Å²) in [4.78, 5) is 24.9. The molecule has 7 heteroatoms. The first kappa shape index (κ1) is 21.2. The van der Waals surface area contributed by atoms with Gasteiger partial charge in [-0.1, -0.05) is 35.9 Å². The van der Waals surface area contributed by atoms with E-state index in [1.165, 1.54) is 30.5 Å². The molecule has 0 aliphatic heterocycles. The highest BCUT2D eigenvalue weighted by Crippen LogP contribution is 2.29. The Kier molecular flexibility index (Phi) is 6.24. The summed E-state index contributed by atoms with van der Waals surface area (Å²) in [6, 6.07) is 18.5. The predicted molar refractivity (Wildman–Crippen MR) is 122 cm³/mol. The molecule has 3 aromatic carbocycles. The topological polar surface area (TPSA) is 75.0 Å². The molecule has 4 aromatic rings. The largest absolute Gasteiger partial charge is 0.497 e. The van der Waals surface area contributed by atoms with E-state index in [1.54, 1.807) is 49.6 Å². The van der Waals surface area contributed by atoms with Crippen LogP contribution in [0.25, 0.3) is 17.0 Å². The van der Waals surface area contributed by atoms with Crippen molar-refractivity contribution in [3.8, 4) is 23.0 Å². The van der Waals surface area contributed by atoms with Crippen molar-refractivity contribution in [1.82, 2.24) is 0 Å². The highest BCUT2D eigenvalue weighted by atomic mass is 35.5. The van der Waals surface area contributed by atoms with Crippen LogP contribution in [0.15, 0.2) is 88.3 Å². The average Bonchev–Trinajstić information content (AvgIpc) is 2.81. The lowest BCUT2D eigenvalue weighted by molar-refractivity contribution is -0.128. The van der Waals surface area contributed by atoms with E-state index in [1.807, 2.05) is 12.1 Å². The number of esters is 1. The number of hydrogen-bond donors (Lipinski definition) is 0. The zero-order valence-corrected chi connectivity index (χ0v) is 17.7. The van der Waals surface area contributed by atoms with Crippen molar-refractivity contribution in [2.75, 3.05) is 7.11 Å². The van der Waals surface area contributed by atoms with Crippen molar-refractivity contribution >= 4 is 34.6 Å². The number of carbonyl (C=O) groups is 1. The lowest BCUT2D eigenvalue weighted by Gasteiger charge is -2.07. The third-order valence-electron chi connectivity index (χ3n) is 4.52. The SMILES string of the molecule is COc1ccc(/C=C/C(=O)Oc2ccc3c(=O)c(Oc4ccccc4Cl)coc3c2)cc1. The number of rotatable bonds is 6. The summed E-state index contributed by atoms with van der Waals surface area (Å²) in [5.41, 5.74) is 0.702. The van der Waals surface area contributed by atoms with Gasteiger partial charge in [0.2, 0.25) is 11.2 Å². The first-order valence-corrected chi connectivity index (χ1v) is 9.93. The molecule has 0 unspecified atom stereocenters. The molecule has 0 aliphatic rings. The van der Waals surface area contributed by atoms with Gasteiger partial charge in [0.05, 0.1) is 17.5 Å². The molecule has 1 heterocycles. The number of halogens is 1. The van der Waals surface area contributed by atoms with Gasteiger partial charge in [0.1, 0.15) is 29.1 Å². The number of hydrogen-bond acceptors (Lipinski definition) is 6. The lowest BCUT2D eigenvalue weighted by atomic mass is 10.2. The molecule has 0 radical (unpaired) electrons. The molecule has 0 saturated heterocycles. The number of methoxy groups -OCH3 is 1. The second-order valence-corrected chi connectivity index (χ2v) is 7.05. The van der Waals surface area contributed by atoms with E-state index in [0.29, 0.717) is 10.8 Å². The van der Waals surface area contributed by atoms with Gasteiger partial charge in [0.25, 0.3) is 0 Å². The number of benzene rings is 3. The first-order valence-electron chi connectivity index (χ1n) is 9.55. The Morgan fingerprint density at radius 3 is 2.47 bits per heavy atom. The van der Waals surface area contributed by atoms with Crippen LogP contribution in [0, 0.1) is 0 Å². The van der Waals surface area contributed by atoms with Gasteiger partial charge in [-0.2, -0.15) is 0 Å². The van der Waals surface area contributed by atoms with Crippen molar-refractivity contribution in [3.05, 3.63) is 99.9 Å². The quantitative estimate of drug-likeness (QED) is 0.209. The molecule has 0 amide bonds. The predicted octanol–water partition coefficient (Wildman–Crippen LogP) is 5.87. The van der Waals surface area contributed by atoms with E-state index in [4.69, 9.17) is 30.2 Å². The second kappa shape index (κ2) is 9.41. The third kappa shape index (κ3) is 4.82. The number of para-hydroxylation sites is 1. The summed E-state index contributed by atoms with van der Waals surface area (Å²) in [6.07, 6.45) is 4.13. The summed E-state index contributed by atoms with van der Waals surface area (Å²) in [7, 11) is 1.58. The molecular formula is C25H17ClO6. The lowest BCUT2D eigenvalue weighted by Crippen LogP contribution is -2.06. The Labute approximate surface area is 188 Å². The fraction of sp³-hybridized carbons (Fsp3) is 0.0400. The summed E-state index contributed by atoms with van der Waals surface area (Å²) >= 11 is 6.08. The van der Waals surface area contributed by atoms with Crippen LogP contribution in [-0.4, -0.2) is 13.1 Å². The van der Waals surface area contributed by atoms with Crippen LogP contribution in [0.1, 0.15) is 5.56 Å². The molecule has 0 bridgehead atoms. The molecule has 160 valence electrons. The van der Waals surface area contributed by atoms with Gasteiger partial charge >= 0.3 is 5.97 Å². The fourth-order valence-electron chi connectivity index (χ4n) is 2.90. The van der Waals surface area contributed by atoms with Crippen molar-refractivity contribution in [2.45, 2.75) is 0 Å². The fourth-order valence-corrected chi connectivity index (χ4v) is 3.07. The van der Waals surface area contributed by atoms with Crippen LogP contribution < -0.4 is 19.6 Å². The smallest absolute Gasteiger partial charge is 0.336 e. The van der Waals surface area contributed by atoms with Crippen molar-refractivity contribution in [3.63, 3.8) is 0 Å². The van der Waals surface area contributed by atoms with Gasteiger partial charge in [0, 0.05) is 12.1 Å². The summed E-state index contributed by atoms with van der Waals surface area (Å²) < 4.78 is 21.5. The van der Waals surface area contributed by atoms with E-state index in [0.717, 1.165) is 11.3 Å². The molecule has 1 aromatic heterocycles. The van der Waals surface area contributed by atoms with Gasteiger partial charge in [-0.15, -0.1) is 0 Å². The minimum Gasteiger partial charge on any atom is -0.497 e. The summed E-state index contributed by atoms with van der Waals surface area (Å²) in [5.74, 6) is 0.738. The van der Waals surface area contributed by atoms with Crippen LogP contribution in [0.5, 0.6) is 23.0 Å². The second-order valence-electron chi connectivity index (χ2n) is 6.65. The Morgan fingerprint density at radius 1 is 0.969 bits per heavy atom. The van der Waals surface area contributed by atoms with E-state index in [9.17, 15) is 9.59 Å². The Bertz CT molecular complexity index is 1360. The van der Waals surface area contributed by atoms with Crippen LogP contribution in [0.2, 0.25) is 5.02 Å². The maximum Gasteiger partial charge on any atom is 0.336 e. The monoisotopic (exact) mass is 448 g/mol. The zero-order valence-electron chi connectivity index (χ0n) is 16.9. The zero-order chi connectivity index (χ0) is 22.5. The van der Waals surface area contributed by atoms with Gasteiger partial charge in [-0.3, -0.25) is 4.79 Å². The first-order chi connectivity index (χ1) is 15.5. The molecular weight excluding hydrogens is 432 g/mol. The van der Waals surface area contributed by atoms with E-state index in [-0.39, 0.29) is 27.9 Å². The van der Waals surface area contributed by atoms with Crippen molar-refractivity contribution < 1.29 is 23.4 Å². The van der Waals surface area contributed by atoms with Crippen LogP contribution in [0.3, 0.4) is 0 Å². The highest BCUT2D eigenvalue weighted by Gasteiger charge is 2.12. The van der Waals surface area contributed by atoms with Crippen molar-refractivity contribution in [1.29, 1.82) is 0 Å². The van der Waals surface area contributed by atoms with Crippen LogP contribution in [-0.2, 0) is 4.79 Å². The van der Waals surface area contributed by atoms with Gasteiger partial charge in [-0.05, 0) is 48.0 Å². The molecule has 0 fully saturated rings. The molecule has 0 N–H and O–H groups in total. The van der Waals surface area contributed by atoms with E-state index >= 15 is 0 Å². The normalized spacial score (nSPS) is 10.9. The van der Waals surface area contributed by atoms with Gasteiger partial charge in [-0.25, -0.2) is 4.79 Å². The van der Waals surface area contributed by atoms with Gasteiger partial charge < -0.3 is 18.6 Å². The van der Waals surface area contributed by atoms with Crippen LogP contribution in [0.4, 0.5) is 0 Å². The Balaban J connectivity index is 1.49. The number of fused-ring (bicyclic) bond motifs is 1. The van der Waals surface area contributed by atoms with Crippen LogP contribution >= 0.6 is 11.6 Å². The standard InChI is InChI=1S/C25H17ClO6/c1-29-17-9-6-16(7-10-17)8-13-24(27)31-18-11-12-19-22(14-18)30-15-23(25(19)28)32-21-5-3-2-4-20(21)26/h2-15H,1H3/b13-8+. The van der Waals surface area contributed by atoms with Gasteiger partial charge in [0.15, 0.2) is 0 Å². The minimum absolute atomic E-state index is 0.00207. The van der Waals surface area contributed by atoms with Crippen molar-refractivity contribution in [2.24, 2.45) is 0 Å². The molecule has 0 spiro atoms. The van der Waals surface area contributed by atoms with E-state index in [2.05, 4.69) is 0 Å². The third-order valence-corrected chi connectivity index (χ3v) is 4.83. The minimum atomic E-state index is -0.568. The number of carbonyl (C=O) groups excluding carboxylic acids is 1. The molecule has 6 nitrogen and oxygen atoms in total. The molecule has 0 aliphatic carbocycles. The van der Waals surface area contributed by atoms with E-state index < -0.39 is 5.97 Å².